The van der Waals surface area contributed by atoms with E-state index >= 15 is 0 Å². The minimum absolute atomic E-state index is 0.0467. The molecule has 0 aliphatic heterocycles. The summed E-state index contributed by atoms with van der Waals surface area (Å²) >= 11 is 0. The fraction of sp³-hybridized carbons (Fsp3) is 0.538. The molecule has 3 nitrogen and oxygen atoms in total. The van der Waals surface area contributed by atoms with Crippen molar-refractivity contribution in [3.05, 3.63) is 35.1 Å². The first-order valence-corrected chi connectivity index (χ1v) is 5.79. The fourth-order valence-electron chi connectivity index (χ4n) is 2.02. The monoisotopic (exact) mass is 240 g/mol. The molecule has 1 aromatic carbocycles. The van der Waals surface area contributed by atoms with Gasteiger partial charge < -0.3 is 4.74 Å². The van der Waals surface area contributed by atoms with E-state index < -0.39 is 0 Å². The van der Waals surface area contributed by atoms with E-state index in [1.807, 2.05) is 13.0 Å². The summed E-state index contributed by atoms with van der Waals surface area (Å²) in [5.41, 5.74) is 4.52. The maximum absolute atomic E-state index is 13.3. The molecule has 0 heterocycles. The number of hydrazine groups is 1. The van der Waals surface area contributed by atoms with E-state index in [0.29, 0.717) is 12.5 Å². The molecule has 2 atom stereocenters. The molecule has 0 bridgehead atoms. The van der Waals surface area contributed by atoms with Crippen LogP contribution in [-0.4, -0.2) is 13.7 Å². The molecule has 96 valence electrons. The highest BCUT2D eigenvalue weighted by Crippen LogP contribution is 2.22. The van der Waals surface area contributed by atoms with Crippen molar-refractivity contribution in [1.82, 2.24) is 5.43 Å². The second-order valence-corrected chi connectivity index (χ2v) is 4.58. The summed E-state index contributed by atoms with van der Waals surface area (Å²) in [6.45, 7) is 4.63. The Bertz CT molecular complexity index is 337. The number of ether oxygens (including phenoxy) is 1. The summed E-state index contributed by atoms with van der Waals surface area (Å²) in [5.74, 6) is 5.68. The first-order valence-electron chi connectivity index (χ1n) is 5.79. The van der Waals surface area contributed by atoms with Crippen LogP contribution in [-0.2, 0) is 4.74 Å². The topological polar surface area (TPSA) is 47.3 Å². The lowest BCUT2D eigenvalue weighted by Gasteiger charge is -2.20. The Kier molecular flexibility index (Phi) is 5.55. The van der Waals surface area contributed by atoms with Crippen molar-refractivity contribution in [3.63, 3.8) is 0 Å². The second-order valence-electron chi connectivity index (χ2n) is 4.58. The molecular weight excluding hydrogens is 219 g/mol. The van der Waals surface area contributed by atoms with Gasteiger partial charge in [-0.15, -0.1) is 0 Å². The summed E-state index contributed by atoms with van der Waals surface area (Å²) in [7, 11) is 1.67. The van der Waals surface area contributed by atoms with Crippen LogP contribution in [0, 0.1) is 18.7 Å². The predicted molar refractivity (Wildman–Crippen MR) is 66.9 cm³/mol. The SMILES string of the molecule is COCC(C)CC(NN)c1cc(C)cc(F)c1. The Morgan fingerprint density at radius 1 is 1.41 bits per heavy atom. The van der Waals surface area contributed by atoms with E-state index in [0.717, 1.165) is 17.5 Å². The second kappa shape index (κ2) is 6.69. The number of nitrogens with two attached hydrogens (primary N) is 1. The Morgan fingerprint density at radius 2 is 2.12 bits per heavy atom. The van der Waals surface area contributed by atoms with Gasteiger partial charge in [-0.3, -0.25) is 11.3 Å². The largest absolute Gasteiger partial charge is 0.384 e. The van der Waals surface area contributed by atoms with Gasteiger partial charge in [0.15, 0.2) is 0 Å². The van der Waals surface area contributed by atoms with E-state index in [4.69, 9.17) is 10.6 Å². The van der Waals surface area contributed by atoms with Gasteiger partial charge in [0.1, 0.15) is 5.82 Å². The van der Waals surface area contributed by atoms with Gasteiger partial charge in [0.05, 0.1) is 0 Å². The number of benzene rings is 1. The van der Waals surface area contributed by atoms with Crippen LogP contribution in [0.3, 0.4) is 0 Å². The highest BCUT2D eigenvalue weighted by molar-refractivity contribution is 5.26. The summed E-state index contributed by atoms with van der Waals surface area (Å²) in [6.07, 6.45) is 0.813. The zero-order chi connectivity index (χ0) is 12.8. The Labute approximate surface area is 102 Å². The predicted octanol–water partition coefficient (Wildman–Crippen LogP) is 2.31. The third kappa shape index (κ3) is 4.42. The number of hydrogen-bond donors (Lipinski definition) is 2. The van der Waals surface area contributed by atoms with Gasteiger partial charge >= 0.3 is 0 Å². The number of halogens is 1. The highest BCUT2D eigenvalue weighted by atomic mass is 19.1. The molecule has 3 N–H and O–H groups in total. The van der Waals surface area contributed by atoms with E-state index in [1.54, 1.807) is 7.11 Å². The molecule has 4 heteroatoms. The summed E-state index contributed by atoms with van der Waals surface area (Å²) in [4.78, 5) is 0. The average Bonchev–Trinajstić information content (AvgIpc) is 2.24. The minimum atomic E-state index is -0.223. The zero-order valence-corrected chi connectivity index (χ0v) is 10.7. The molecule has 0 aliphatic carbocycles. The van der Waals surface area contributed by atoms with Crippen molar-refractivity contribution < 1.29 is 9.13 Å². The van der Waals surface area contributed by atoms with Gasteiger partial charge in [-0.1, -0.05) is 13.0 Å². The lowest BCUT2D eigenvalue weighted by Crippen LogP contribution is -2.30. The van der Waals surface area contributed by atoms with Crippen LogP contribution >= 0.6 is 0 Å². The summed E-state index contributed by atoms with van der Waals surface area (Å²) in [6, 6.07) is 4.94. The molecular formula is C13H21FN2O. The number of rotatable bonds is 6. The Balaban J connectivity index is 2.78. The van der Waals surface area contributed by atoms with Crippen molar-refractivity contribution in [3.8, 4) is 0 Å². The average molecular weight is 240 g/mol. The van der Waals surface area contributed by atoms with Crippen molar-refractivity contribution in [2.75, 3.05) is 13.7 Å². The number of nitrogens with one attached hydrogen (secondary N) is 1. The maximum Gasteiger partial charge on any atom is 0.123 e. The molecule has 1 rings (SSSR count). The van der Waals surface area contributed by atoms with Crippen molar-refractivity contribution >= 4 is 0 Å². The van der Waals surface area contributed by atoms with E-state index in [-0.39, 0.29) is 11.9 Å². The van der Waals surface area contributed by atoms with Crippen LogP contribution < -0.4 is 11.3 Å². The number of methoxy groups -OCH3 is 1. The number of hydrogen-bond acceptors (Lipinski definition) is 3. The van der Waals surface area contributed by atoms with Crippen molar-refractivity contribution in [1.29, 1.82) is 0 Å². The zero-order valence-electron chi connectivity index (χ0n) is 10.7. The molecule has 2 unspecified atom stereocenters. The van der Waals surface area contributed by atoms with Crippen LogP contribution in [0.2, 0.25) is 0 Å². The first-order chi connectivity index (χ1) is 8.06. The Hall–Kier alpha value is -0.970. The van der Waals surface area contributed by atoms with Crippen LogP contribution in [0.1, 0.15) is 30.5 Å². The van der Waals surface area contributed by atoms with Gasteiger partial charge in [-0.25, -0.2) is 4.39 Å². The van der Waals surface area contributed by atoms with Gasteiger partial charge in [-0.2, -0.15) is 0 Å². The van der Waals surface area contributed by atoms with E-state index in [2.05, 4.69) is 12.3 Å². The standard InChI is InChI=1S/C13H21FN2O/c1-9-4-11(7-12(14)5-9)13(16-15)6-10(2)8-17-3/h4-5,7,10,13,16H,6,8,15H2,1-3H3. The summed E-state index contributed by atoms with van der Waals surface area (Å²) in [5, 5.41) is 0. The molecule has 0 fully saturated rings. The normalized spacial score (nSPS) is 14.6. The van der Waals surface area contributed by atoms with Crippen LogP contribution in [0.25, 0.3) is 0 Å². The lowest BCUT2D eigenvalue weighted by molar-refractivity contribution is 0.149. The smallest absolute Gasteiger partial charge is 0.123 e. The molecule has 0 spiro atoms. The van der Waals surface area contributed by atoms with Gasteiger partial charge in [0.2, 0.25) is 0 Å². The fourth-order valence-corrected chi connectivity index (χ4v) is 2.02. The molecule has 1 aromatic rings. The molecule has 0 aliphatic rings. The van der Waals surface area contributed by atoms with Crippen LogP contribution in [0.5, 0.6) is 0 Å². The van der Waals surface area contributed by atoms with Crippen molar-refractivity contribution in [2.24, 2.45) is 11.8 Å². The van der Waals surface area contributed by atoms with Crippen molar-refractivity contribution in [2.45, 2.75) is 26.3 Å². The lowest BCUT2D eigenvalue weighted by atomic mass is 9.95. The molecule has 0 radical (unpaired) electrons. The van der Waals surface area contributed by atoms with Crippen LogP contribution in [0.4, 0.5) is 4.39 Å². The van der Waals surface area contributed by atoms with E-state index in [9.17, 15) is 4.39 Å². The third-order valence-corrected chi connectivity index (χ3v) is 2.76. The summed E-state index contributed by atoms with van der Waals surface area (Å²) < 4.78 is 18.4. The third-order valence-electron chi connectivity index (χ3n) is 2.76. The molecule has 0 amide bonds. The molecule has 0 aromatic heterocycles. The molecule has 17 heavy (non-hydrogen) atoms. The van der Waals surface area contributed by atoms with Gasteiger partial charge in [0, 0.05) is 19.8 Å². The number of aryl methyl sites for hydroxylation is 1. The van der Waals surface area contributed by atoms with Gasteiger partial charge in [0.25, 0.3) is 0 Å². The molecule has 0 saturated carbocycles. The molecule has 0 saturated heterocycles. The first kappa shape index (κ1) is 14.1. The van der Waals surface area contributed by atoms with E-state index in [1.165, 1.54) is 12.1 Å². The maximum atomic E-state index is 13.3. The highest BCUT2D eigenvalue weighted by Gasteiger charge is 2.15. The Morgan fingerprint density at radius 3 is 2.65 bits per heavy atom. The minimum Gasteiger partial charge on any atom is -0.384 e. The van der Waals surface area contributed by atoms with Crippen LogP contribution in [0.15, 0.2) is 18.2 Å². The van der Waals surface area contributed by atoms with Gasteiger partial charge in [-0.05, 0) is 42.5 Å². The quantitative estimate of drug-likeness (QED) is 0.592.